The number of likely N-dealkylation sites (N-methyl/N-ethyl adjacent to an activating group) is 1. The second-order valence-electron chi connectivity index (χ2n) is 6.49. The fourth-order valence-electron chi connectivity index (χ4n) is 3.75. The van der Waals surface area contributed by atoms with Crippen molar-refractivity contribution in [2.75, 3.05) is 20.1 Å². The predicted molar refractivity (Wildman–Crippen MR) is 67.6 cm³/mol. The van der Waals surface area contributed by atoms with E-state index in [9.17, 15) is 0 Å². The molecule has 0 aromatic rings. The molecule has 1 heterocycles. The van der Waals surface area contributed by atoms with Crippen molar-refractivity contribution in [2.45, 2.75) is 63.5 Å². The van der Waals surface area contributed by atoms with Crippen molar-refractivity contribution in [1.82, 2.24) is 10.2 Å². The lowest BCUT2D eigenvalue weighted by Gasteiger charge is -2.39. The number of nitrogens with one attached hydrogen (secondary N) is 1. The SMILES string of the molecule is CN(CC1CCC2(CCCC2)CN1)C1CC1. The van der Waals surface area contributed by atoms with Gasteiger partial charge in [0.25, 0.3) is 0 Å². The summed E-state index contributed by atoms with van der Waals surface area (Å²) in [6, 6.07) is 1.70. The van der Waals surface area contributed by atoms with Gasteiger partial charge in [-0.2, -0.15) is 0 Å². The van der Waals surface area contributed by atoms with E-state index in [0.29, 0.717) is 5.41 Å². The average molecular weight is 222 g/mol. The van der Waals surface area contributed by atoms with Crippen LogP contribution < -0.4 is 5.32 Å². The molecule has 2 aliphatic carbocycles. The van der Waals surface area contributed by atoms with Crippen LogP contribution in [0.4, 0.5) is 0 Å². The van der Waals surface area contributed by atoms with Gasteiger partial charge in [-0.3, -0.25) is 0 Å². The van der Waals surface area contributed by atoms with Crippen LogP contribution >= 0.6 is 0 Å². The molecule has 1 aliphatic heterocycles. The summed E-state index contributed by atoms with van der Waals surface area (Å²) < 4.78 is 0. The molecule has 0 amide bonds. The van der Waals surface area contributed by atoms with Crippen LogP contribution in [-0.4, -0.2) is 37.1 Å². The number of hydrogen-bond acceptors (Lipinski definition) is 2. The van der Waals surface area contributed by atoms with Gasteiger partial charge in [0.05, 0.1) is 0 Å². The summed E-state index contributed by atoms with van der Waals surface area (Å²) in [7, 11) is 2.30. The first-order valence-corrected chi connectivity index (χ1v) is 7.21. The van der Waals surface area contributed by atoms with Gasteiger partial charge in [-0.05, 0) is 51.0 Å². The zero-order valence-electron chi connectivity index (χ0n) is 10.7. The van der Waals surface area contributed by atoms with Crippen LogP contribution in [0.1, 0.15) is 51.4 Å². The zero-order chi connectivity index (χ0) is 11.0. The van der Waals surface area contributed by atoms with Crippen molar-refractivity contribution in [1.29, 1.82) is 0 Å². The summed E-state index contributed by atoms with van der Waals surface area (Å²) in [6.45, 7) is 2.58. The maximum atomic E-state index is 3.82. The first-order valence-electron chi connectivity index (χ1n) is 7.21. The van der Waals surface area contributed by atoms with Crippen LogP contribution in [0.25, 0.3) is 0 Å². The van der Waals surface area contributed by atoms with Crippen molar-refractivity contribution in [3.63, 3.8) is 0 Å². The monoisotopic (exact) mass is 222 g/mol. The van der Waals surface area contributed by atoms with Crippen molar-refractivity contribution >= 4 is 0 Å². The molecule has 1 unspecified atom stereocenters. The third kappa shape index (κ3) is 2.28. The van der Waals surface area contributed by atoms with Crippen molar-refractivity contribution in [3.8, 4) is 0 Å². The van der Waals surface area contributed by atoms with Crippen LogP contribution in [0.3, 0.4) is 0 Å². The zero-order valence-corrected chi connectivity index (χ0v) is 10.7. The Bertz CT molecular complexity index is 231. The van der Waals surface area contributed by atoms with E-state index in [1.807, 2.05) is 0 Å². The smallest absolute Gasteiger partial charge is 0.0195 e. The number of hydrogen-bond donors (Lipinski definition) is 1. The Balaban J connectivity index is 1.46. The molecule has 0 aromatic carbocycles. The minimum absolute atomic E-state index is 0.717. The largest absolute Gasteiger partial charge is 0.312 e. The van der Waals surface area contributed by atoms with Crippen LogP contribution in [0.5, 0.6) is 0 Å². The molecule has 0 aromatic heterocycles. The van der Waals surface area contributed by atoms with Crippen molar-refractivity contribution in [2.24, 2.45) is 5.41 Å². The first-order chi connectivity index (χ1) is 7.77. The molecule has 1 atom stereocenters. The molecule has 1 spiro atoms. The highest BCUT2D eigenvalue weighted by molar-refractivity contribution is 4.94. The molecule has 3 fully saturated rings. The van der Waals surface area contributed by atoms with E-state index in [-0.39, 0.29) is 0 Å². The summed E-state index contributed by atoms with van der Waals surface area (Å²) in [4.78, 5) is 2.57. The van der Waals surface area contributed by atoms with E-state index in [4.69, 9.17) is 0 Å². The second kappa shape index (κ2) is 4.30. The summed E-state index contributed by atoms with van der Waals surface area (Å²) in [5.74, 6) is 0. The Labute approximate surface area is 99.8 Å². The minimum Gasteiger partial charge on any atom is -0.312 e. The quantitative estimate of drug-likeness (QED) is 0.789. The first kappa shape index (κ1) is 11.0. The van der Waals surface area contributed by atoms with Crippen LogP contribution in [-0.2, 0) is 0 Å². The minimum atomic E-state index is 0.717. The van der Waals surface area contributed by atoms with Gasteiger partial charge in [0.2, 0.25) is 0 Å². The highest BCUT2D eigenvalue weighted by Gasteiger charge is 2.38. The maximum absolute atomic E-state index is 3.82. The van der Waals surface area contributed by atoms with Gasteiger partial charge in [-0.25, -0.2) is 0 Å². The molecule has 3 rings (SSSR count). The molecule has 16 heavy (non-hydrogen) atoms. The molecule has 2 nitrogen and oxygen atoms in total. The van der Waals surface area contributed by atoms with Gasteiger partial charge in [0.15, 0.2) is 0 Å². The standard InChI is InChI=1S/C14H26N2/c1-16(13-4-5-13)10-12-6-9-14(11-15-12)7-2-3-8-14/h12-13,15H,2-11H2,1H3. The summed E-state index contributed by atoms with van der Waals surface area (Å²) in [5.41, 5.74) is 0.717. The molecule has 0 bridgehead atoms. The fourth-order valence-corrected chi connectivity index (χ4v) is 3.75. The predicted octanol–water partition coefficient (Wildman–Crippen LogP) is 2.39. The molecule has 1 saturated heterocycles. The Hall–Kier alpha value is -0.0800. The molecule has 1 N–H and O–H groups in total. The Morgan fingerprint density at radius 2 is 1.88 bits per heavy atom. The number of nitrogens with zero attached hydrogens (tertiary/aromatic N) is 1. The van der Waals surface area contributed by atoms with Gasteiger partial charge < -0.3 is 10.2 Å². The highest BCUT2D eigenvalue weighted by Crippen LogP contribution is 2.43. The third-order valence-corrected chi connectivity index (χ3v) is 5.13. The maximum Gasteiger partial charge on any atom is 0.0195 e. The number of piperidine rings is 1. The van der Waals surface area contributed by atoms with E-state index in [1.54, 1.807) is 0 Å². The van der Waals surface area contributed by atoms with Crippen LogP contribution in [0.2, 0.25) is 0 Å². The fraction of sp³-hybridized carbons (Fsp3) is 1.00. The lowest BCUT2D eigenvalue weighted by Crippen LogP contribution is -2.49. The third-order valence-electron chi connectivity index (χ3n) is 5.13. The van der Waals surface area contributed by atoms with E-state index in [1.165, 1.54) is 64.5 Å². The van der Waals surface area contributed by atoms with Gasteiger partial charge >= 0.3 is 0 Å². The Morgan fingerprint density at radius 1 is 1.12 bits per heavy atom. The summed E-state index contributed by atoms with van der Waals surface area (Å²) >= 11 is 0. The average Bonchev–Trinajstić information content (AvgIpc) is 3.05. The second-order valence-corrected chi connectivity index (χ2v) is 6.49. The molecule has 2 heteroatoms. The molecule has 92 valence electrons. The van der Waals surface area contributed by atoms with E-state index >= 15 is 0 Å². The van der Waals surface area contributed by atoms with Crippen molar-refractivity contribution in [3.05, 3.63) is 0 Å². The molecule has 2 saturated carbocycles. The van der Waals surface area contributed by atoms with Crippen LogP contribution in [0, 0.1) is 5.41 Å². The molecule has 3 aliphatic rings. The topological polar surface area (TPSA) is 15.3 Å². The molecular formula is C14H26N2. The normalized spacial score (nSPS) is 33.8. The van der Waals surface area contributed by atoms with E-state index in [2.05, 4.69) is 17.3 Å². The number of rotatable bonds is 3. The summed E-state index contributed by atoms with van der Waals surface area (Å²) in [5, 5.41) is 3.82. The highest BCUT2D eigenvalue weighted by atomic mass is 15.2. The van der Waals surface area contributed by atoms with E-state index in [0.717, 1.165) is 12.1 Å². The van der Waals surface area contributed by atoms with E-state index < -0.39 is 0 Å². The van der Waals surface area contributed by atoms with Gasteiger partial charge in [0.1, 0.15) is 0 Å². The molecule has 0 radical (unpaired) electrons. The lowest BCUT2D eigenvalue weighted by atomic mass is 9.77. The molecular weight excluding hydrogens is 196 g/mol. The van der Waals surface area contributed by atoms with Gasteiger partial charge in [0, 0.05) is 25.2 Å². The van der Waals surface area contributed by atoms with Crippen molar-refractivity contribution < 1.29 is 0 Å². The summed E-state index contributed by atoms with van der Waals surface area (Å²) in [6.07, 6.45) is 11.7. The van der Waals surface area contributed by atoms with Gasteiger partial charge in [-0.15, -0.1) is 0 Å². The Kier molecular flexibility index (Phi) is 2.97. The lowest BCUT2D eigenvalue weighted by molar-refractivity contribution is 0.158. The van der Waals surface area contributed by atoms with Gasteiger partial charge in [-0.1, -0.05) is 12.8 Å². The Morgan fingerprint density at radius 3 is 2.44 bits per heavy atom. The van der Waals surface area contributed by atoms with Crippen LogP contribution in [0.15, 0.2) is 0 Å².